The third kappa shape index (κ3) is 3.45. The zero-order chi connectivity index (χ0) is 24.2. The summed E-state index contributed by atoms with van der Waals surface area (Å²) < 4.78 is 0. The van der Waals surface area contributed by atoms with E-state index in [0.717, 1.165) is 41.1 Å². The van der Waals surface area contributed by atoms with Crippen LogP contribution < -0.4 is 10.9 Å². The first-order valence-corrected chi connectivity index (χ1v) is 13.3. The molecule has 36 heavy (non-hydrogen) atoms. The zero-order valence-corrected chi connectivity index (χ0v) is 20.7. The number of hydrogen-bond acceptors (Lipinski definition) is 4. The molecule has 0 aromatic heterocycles. The highest BCUT2D eigenvalue weighted by atomic mass is 32.2. The minimum Gasteiger partial charge on any atom is -0.289 e. The predicted molar refractivity (Wildman–Crippen MR) is 153 cm³/mol. The molecule has 0 aliphatic carbocycles. The Kier molecular flexibility index (Phi) is 4.98. The minimum absolute atomic E-state index is 0.0117. The smallest absolute Gasteiger partial charge is 0.194 e. The summed E-state index contributed by atoms with van der Waals surface area (Å²) in [7, 11) is 0. The molecule has 0 radical (unpaired) electrons. The Balaban J connectivity index is 1.37. The number of benzene rings is 5. The molecule has 0 heterocycles. The van der Waals surface area contributed by atoms with Gasteiger partial charge in [0.05, 0.1) is 0 Å². The average molecular weight is 499 g/mol. The second-order valence-electron chi connectivity index (χ2n) is 8.85. The maximum Gasteiger partial charge on any atom is 0.194 e. The van der Waals surface area contributed by atoms with Crippen LogP contribution in [0.1, 0.15) is 0 Å². The molecule has 170 valence electrons. The number of fused-ring (bicyclic) bond motifs is 6. The Morgan fingerprint density at radius 2 is 0.722 bits per heavy atom. The molecule has 0 aliphatic heterocycles. The van der Waals surface area contributed by atoms with Crippen molar-refractivity contribution in [2.45, 2.75) is 19.6 Å². The summed E-state index contributed by atoms with van der Waals surface area (Å²) in [4.78, 5) is 31.1. The molecule has 0 unspecified atom stereocenters. The molecule has 0 N–H and O–H groups in total. The molecule has 4 heteroatoms. The summed E-state index contributed by atoms with van der Waals surface area (Å²) in [5.74, 6) is 0. The van der Waals surface area contributed by atoms with Crippen LogP contribution in [-0.2, 0) is 0 Å². The summed E-state index contributed by atoms with van der Waals surface area (Å²) in [6, 6.07) is 36.3. The highest BCUT2D eigenvalue weighted by molar-refractivity contribution is 7.99. The first-order chi connectivity index (χ1) is 17.7. The van der Waals surface area contributed by atoms with Crippen molar-refractivity contribution >= 4 is 66.6 Å². The van der Waals surface area contributed by atoms with Crippen molar-refractivity contribution in [2.75, 3.05) is 0 Å². The molecule has 7 aromatic rings. The van der Waals surface area contributed by atoms with Crippen LogP contribution in [0, 0.1) is 0 Å². The predicted octanol–water partition coefficient (Wildman–Crippen LogP) is 8.20. The van der Waals surface area contributed by atoms with Gasteiger partial charge in [-0.1, -0.05) is 72.1 Å². The first kappa shape index (κ1) is 21.4. The van der Waals surface area contributed by atoms with Gasteiger partial charge >= 0.3 is 0 Å². The molecule has 0 amide bonds. The molecule has 2 nitrogen and oxygen atoms in total. The van der Waals surface area contributed by atoms with Crippen LogP contribution in [0.15, 0.2) is 138 Å². The van der Waals surface area contributed by atoms with Gasteiger partial charge in [0.25, 0.3) is 0 Å². The van der Waals surface area contributed by atoms with Crippen LogP contribution in [0.25, 0.3) is 43.1 Å². The van der Waals surface area contributed by atoms with Gasteiger partial charge in [-0.25, -0.2) is 0 Å². The molecule has 0 atom stereocenters. The lowest BCUT2D eigenvalue weighted by molar-refractivity contribution is 1.42. The van der Waals surface area contributed by atoms with Crippen molar-refractivity contribution < 1.29 is 0 Å². The monoisotopic (exact) mass is 498 g/mol. The van der Waals surface area contributed by atoms with Crippen LogP contribution in [0.4, 0.5) is 0 Å². The van der Waals surface area contributed by atoms with Crippen LogP contribution in [0.2, 0.25) is 0 Å². The van der Waals surface area contributed by atoms with Gasteiger partial charge in [-0.2, -0.15) is 0 Å². The molecule has 0 aliphatic rings. The van der Waals surface area contributed by atoms with Crippen molar-refractivity contribution in [3.05, 3.63) is 130 Å². The molecule has 0 spiro atoms. The molecule has 7 rings (SSSR count). The van der Waals surface area contributed by atoms with Gasteiger partial charge in [0.15, 0.2) is 10.9 Å². The van der Waals surface area contributed by atoms with Crippen LogP contribution in [-0.4, -0.2) is 0 Å². The first-order valence-electron chi connectivity index (χ1n) is 11.7. The van der Waals surface area contributed by atoms with Gasteiger partial charge in [-0.15, -0.1) is 0 Å². The van der Waals surface area contributed by atoms with Crippen LogP contribution in [0.5, 0.6) is 0 Å². The average Bonchev–Trinajstić information content (AvgIpc) is 3.34. The molecule has 7 aromatic carbocycles. The summed E-state index contributed by atoms with van der Waals surface area (Å²) in [6.07, 6.45) is 0. The standard InChI is InChI=1S/C32H18O2S2/c33-31-27-15-21(35-19-7-3-1-4-8-19)11-13-23(27)25-17-26-24-14-12-22(36-20-9-5-2-6-10-20)16-28(24)32(34)30(26)18-29(25)31/h1-18H. The van der Waals surface area contributed by atoms with Gasteiger partial charge in [-0.3, -0.25) is 9.59 Å². The maximum absolute atomic E-state index is 13.4. The lowest BCUT2D eigenvalue weighted by Crippen LogP contribution is -1.97. The second kappa shape index (κ2) is 8.37. The SMILES string of the molecule is O=c1c2cc(Sc3ccccc3)ccc2c2cc3c(cc12)c(=O)c1cc(Sc2ccccc2)ccc13. The van der Waals surface area contributed by atoms with Crippen LogP contribution >= 0.6 is 23.5 Å². The molecule has 0 fully saturated rings. The van der Waals surface area contributed by atoms with E-state index in [1.807, 2.05) is 72.8 Å². The van der Waals surface area contributed by atoms with E-state index in [1.165, 1.54) is 0 Å². The summed E-state index contributed by atoms with van der Waals surface area (Å²) in [5, 5.41) is 6.34. The fraction of sp³-hybridized carbons (Fsp3) is 0. The largest absolute Gasteiger partial charge is 0.289 e. The third-order valence-electron chi connectivity index (χ3n) is 6.66. The van der Waals surface area contributed by atoms with E-state index in [0.29, 0.717) is 21.5 Å². The lowest BCUT2D eigenvalue weighted by Gasteiger charge is -2.02. The Morgan fingerprint density at radius 1 is 0.333 bits per heavy atom. The van der Waals surface area contributed by atoms with E-state index in [4.69, 9.17) is 0 Å². The van der Waals surface area contributed by atoms with Gasteiger partial charge in [0.2, 0.25) is 0 Å². The summed E-state index contributed by atoms with van der Waals surface area (Å²) >= 11 is 3.28. The lowest BCUT2D eigenvalue weighted by atomic mass is 10.1. The van der Waals surface area contributed by atoms with E-state index >= 15 is 0 Å². The van der Waals surface area contributed by atoms with E-state index < -0.39 is 0 Å². The zero-order valence-electron chi connectivity index (χ0n) is 19.0. The molecule has 0 saturated heterocycles. The number of hydrogen-bond donors (Lipinski definition) is 0. The van der Waals surface area contributed by atoms with Crippen LogP contribution in [0.3, 0.4) is 0 Å². The van der Waals surface area contributed by atoms with E-state index in [2.05, 4.69) is 36.4 Å². The Hall–Kier alpha value is -3.86. The van der Waals surface area contributed by atoms with Crippen molar-refractivity contribution in [2.24, 2.45) is 0 Å². The quantitative estimate of drug-likeness (QED) is 0.245. The normalized spacial score (nSPS) is 11.8. The topological polar surface area (TPSA) is 34.1 Å². The number of rotatable bonds is 4. The van der Waals surface area contributed by atoms with Crippen molar-refractivity contribution in [1.82, 2.24) is 0 Å². The highest BCUT2D eigenvalue weighted by Crippen LogP contribution is 2.36. The van der Waals surface area contributed by atoms with E-state index in [-0.39, 0.29) is 10.9 Å². The summed E-state index contributed by atoms with van der Waals surface area (Å²) in [5.41, 5.74) is -0.0234. The van der Waals surface area contributed by atoms with Gasteiger partial charge in [0, 0.05) is 41.1 Å². The van der Waals surface area contributed by atoms with Gasteiger partial charge in [0.1, 0.15) is 0 Å². The maximum atomic E-state index is 13.4. The van der Waals surface area contributed by atoms with Crippen molar-refractivity contribution in [3.8, 4) is 0 Å². The highest BCUT2D eigenvalue weighted by Gasteiger charge is 2.17. The van der Waals surface area contributed by atoms with Crippen molar-refractivity contribution in [1.29, 1.82) is 0 Å². The Morgan fingerprint density at radius 3 is 1.17 bits per heavy atom. The second-order valence-corrected chi connectivity index (χ2v) is 11.1. The Labute approximate surface area is 215 Å². The third-order valence-corrected chi connectivity index (χ3v) is 8.65. The molecular weight excluding hydrogens is 480 g/mol. The van der Waals surface area contributed by atoms with Gasteiger partial charge in [-0.05, 0) is 82.2 Å². The van der Waals surface area contributed by atoms with E-state index in [1.54, 1.807) is 23.5 Å². The Bertz CT molecular complexity index is 1880. The fourth-order valence-electron chi connectivity index (χ4n) is 4.98. The molecule has 0 saturated carbocycles. The van der Waals surface area contributed by atoms with Gasteiger partial charge < -0.3 is 0 Å². The molecule has 0 bridgehead atoms. The summed E-state index contributed by atoms with van der Waals surface area (Å²) in [6.45, 7) is 0. The van der Waals surface area contributed by atoms with E-state index in [9.17, 15) is 9.59 Å². The van der Waals surface area contributed by atoms with Crippen molar-refractivity contribution in [3.63, 3.8) is 0 Å². The fourth-order valence-corrected chi connectivity index (χ4v) is 6.74. The molecular formula is C32H18O2S2. The minimum atomic E-state index is -0.0117.